The predicted octanol–water partition coefficient (Wildman–Crippen LogP) is 3.32. The van der Waals surface area contributed by atoms with Crippen molar-refractivity contribution in [2.45, 2.75) is 54.5 Å². The molecule has 0 aromatic carbocycles. The molecule has 13 heavy (non-hydrogen) atoms. The van der Waals surface area contributed by atoms with Crippen LogP contribution in [0.5, 0.6) is 0 Å². The predicted molar refractivity (Wildman–Crippen MR) is 60.8 cm³/mol. The molecule has 0 atom stereocenters. The molecule has 0 aliphatic carbocycles. The number of hydrogen-bond donors (Lipinski definition) is 0. The Morgan fingerprint density at radius 3 is 1.77 bits per heavy atom. The Morgan fingerprint density at radius 2 is 1.54 bits per heavy atom. The van der Waals surface area contributed by atoms with Crippen LogP contribution < -0.4 is 0 Å². The largest absolute Gasteiger partial charge is 0.267 e. The van der Waals surface area contributed by atoms with E-state index in [1.807, 2.05) is 13.8 Å². The van der Waals surface area contributed by atoms with E-state index in [0.717, 1.165) is 11.5 Å². The normalized spacial score (nSPS) is 13.4. The van der Waals surface area contributed by atoms with Gasteiger partial charge in [-0.1, -0.05) is 20.8 Å². The first-order valence-electron chi connectivity index (χ1n) is 4.83. The third-order valence-corrected chi connectivity index (χ3v) is 1.38. The van der Waals surface area contributed by atoms with E-state index < -0.39 is 0 Å². The topological polar surface area (TPSA) is 24.7 Å². The minimum atomic E-state index is 0.0432. The SMILES string of the molecule is CC(C)=NC(=NC(C)C)C(C)(C)C. The highest BCUT2D eigenvalue weighted by molar-refractivity contribution is 5.98. The highest BCUT2D eigenvalue weighted by Crippen LogP contribution is 2.18. The molecule has 0 N–H and O–H groups in total. The van der Waals surface area contributed by atoms with Crippen LogP contribution in [0.25, 0.3) is 0 Å². The van der Waals surface area contributed by atoms with Crippen LogP contribution in [0.2, 0.25) is 0 Å². The van der Waals surface area contributed by atoms with E-state index in [-0.39, 0.29) is 5.41 Å². The van der Waals surface area contributed by atoms with E-state index in [2.05, 4.69) is 44.6 Å². The van der Waals surface area contributed by atoms with Gasteiger partial charge in [0.15, 0.2) is 0 Å². The van der Waals surface area contributed by atoms with Crippen LogP contribution in [0.4, 0.5) is 0 Å². The highest BCUT2D eigenvalue weighted by Gasteiger charge is 2.18. The van der Waals surface area contributed by atoms with Gasteiger partial charge in [-0.2, -0.15) is 0 Å². The number of rotatable bonds is 1. The van der Waals surface area contributed by atoms with E-state index in [1.54, 1.807) is 0 Å². The van der Waals surface area contributed by atoms with Gasteiger partial charge in [-0.3, -0.25) is 4.99 Å². The highest BCUT2D eigenvalue weighted by atomic mass is 14.9. The zero-order valence-corrected chi connectivity index (χ0v) is 9.97. The second kappa shape index (κ2) is 4.54. The fourth-order valence-electron chi connectivity index (χ4n) is 0.847. The number of aliphatic imine (C=N–C) groups is 2. The monoisotopic (exact) mass is 182 g/mol. The van der Waals surface area contributed by atoms with Crippen molar-refractivity contribution >= 4 is 11.5 Å². The molecule has 0 radical (unpaired) electrons. The molecular weight excluding hydrogens is 160 g/mol. The van der Waals surface area contributed by atoms with E-state index in [9.17, 15) is 0 Å². The van der Waals surface area contributed by atoms with Crippen LogP contribution in [0.3, 0.4) is 0 Å². The van der Waals surface area contributed by atoms with Gasteiger partial charge in [0.05, 0.1) is 0 Å². The summed E-state index contributed by atoms with van der Waals surface area (Å²) in [6.45, 7) is 14.6. The van der Waals surface area contributed by atoms with Crippen molar-refractivity contribution in [1.82, 2.24) is 0 Å². The fraction of sp³-hybridized carbons (Fsp3) is 0.818. The molecular formula is C11H22N2. The molecule has 2 nitrogen and oxygen atoms in total. The Kier molecular flexibility index (Phi) is 4.31. The molecule has 0 saturated heterocycles. The van der Waals surface area contributed by atoms with Crippen molar-refractivity contribution in [2.24, 2.45) is 15.4 Å². The Balaban J connectivity index is 4.89. The van der Waals surface area contributed by atoms with Gasteiger partial charge in [0.25, 0.3) is 0 Å². The Bertz CT molecular complexity index is 213. The lowest BCUT2D eigenvalue weighted by Crippen LogP contribution is -2.20. The van der Waals surface area contributed by atoms with Crippen LogP contribution in [-0.2, 0) is 0 Å². The maximum atomic E-state index is 4.52. The van der Waals surface area contributed by atoms with E-state index in [0.29, 0.717) is 6.04 Å². The molecule has 0 heterocycles. The van der Waals surface area contributed by atoms with Crippen LogP contribution in [0.1, 0.15) is 48.5 Å². The smallest absolute Gasteiger partial charge is 0.128 e. The lowest BCUT2D eigenvalue weighted by Gasteiger charge is -2.19. The molecule has 2 heteroatoms. The zero-order valence-electron chi connectivity index (χ0n) is 9.97. The minimum absolute atomic E-state index is 0.0432. The Hall–Kier alpha value is -0.660. The van der Waals surface area contributed by atoms with Gasteiger partial charge < -0.3 is 0 Å². The molecule has 0 aliphatic heterocycles. The molecule has 0 amide bonds. The fourth-order valence-corrected chi connectivity index (χ4v) is 0.847. The van der Waals surface area contributed by atoms with Crippen molar-refractivity contribution in [2.75, 3.05) is 0 Å². The van der Waals surface area contributed by atoms with E-state index in [4.69, 9.17) is 0 Å². The molecule has 0 spiro atoms. The van der Waals surface area contributed by atoms with Gasteiger partial charge in [-0.15, -0.1) is 0 Å². The summed E-state index contributed by atoms with van der Waals surface area (Å²) in [4.78, 5) is 8.97. The van der Waals surface area contributed by atoms with Gasteiger partial charge in [-0.25, -0.2) is 4.99 Å². The van der Waals surface area contributed by atoms with Crippen molar-refractivity contribution in [3.05, 3.63) is 0 Å². The number of nitrogens with zero attached hydrogens (tertiary/aromatic N) is 2. The second-order valence-corrected chi connectivity index (χ2v) is 4.86. The Labute approximate surface area is 82.2 Å². The number of amidine groups is 1. The molecule has 0 unspecified atom stereocenters. The van der Waals surface area contributed by atoms with Crippen LogP contribution >= 0.6 is 0 Å². The minimum Gasteiger partial charge on any atom is -0.267 e. The summed E-state index contributed by atoms with van der Waals surface area (Å²) in [5, 5.41) is 0. The molecule has 0 saturated carbocycles. The Morgan fingerprint density at radius 1 is 1.08 bits per heavy atom. The molecule has 0 bridgehead atoms. The van der Waals surface area contributed by atoms with Crippen LogP contribution in [0.15, 0.2) is 9.98 Å². The summed E-state index contributed by atoms with van der Waals surface area (Å²) in [7, 11) is 0. The quantitative estimate of drug-likeness (QED) is 0.439. The van der Waals surface area contributed by atoms with Gasteiger partial charge in [-0.05, 0) is 27.7 Å². The van der Waals surface area contributed by atoms with Crippen molar-refractivity contribution in [1.29, 1.82) is 0 Å². The first-order chi connectivity index (χ1) is 5.73. The molecule has 0 aliphatic rings. The average Bonchev–Trinajstić information content (AvgIpc) is 1.81. The number of hydrogen-bond acceptors (Lipinski definition) is 1. The summed E-state index contributed by atoms with van der Waals surface area (Å²) in [6, 6.07) is 0.317. The first-order valence-corrected chi connectivity index (χ1v) is 4.83. The maximum Gasteiger partial charge on any atom is 0.128 e. The maximum absolute atomic E-state index is 4.52. The molecule has 0 fully saturated rings. The lowest BCUT2D eigenvalue weighted by molar-refractivity contribution is 0.577. The van der Waals surface area contributed by atoms with Crippen molar-refractivity contribution in [3.8, 4) is 0 Å². The third kappa shape index (κ3) is 5.56. The molecule has 0 rings (SSSR count). The van der Waals surface area contributed by atoms with Gasteiger partial charge in [0, 0.05) is 17.2 Å². The van der Waals surface area contributed by atoms with Crippen LogP contribution in [0, 0.1) is 5.41 Å². The van der Waals surface area contributed by atoms with Crippen molar-refractivity contribution < 1.29 is 0 Å². The standard InChI is InChI=1S/C11H22N2/c1-8(2)12-10(11(5,6)7)13-9(3)4/h8H,1-7H3. The van der Waals surface area contributed by atoms with Gasteiger partial charge >= 0.3 is 0 Å². The van der Waals surface area contributed by atoms with Gasteiger partial charge in [0.2, 0.25) is 0 Å². The van der Waals surface area contributed by atoms with Crippen molar-refractivity contribution in [3.63, 3.8) is 0 Å². The summed E-state index contributed by atoms with van der Waals surface area (Å²) >= 11 is 0. The molecule has 0 aromatic heterocycles. The second-order valence-electron chi connectivity index (χ2n) is 4.86. The van der Waals surface area contributed by atoms with Crippen LogP contribution in [-0.4, -0.2) is 17.6 Å². The summed E-state index contributed by atoms with van der Waals surface area (Å²) in [5.41, 5.74) is 1.11. The zero-order chi connectivity index (χ0) is 10.6. The summed E-state index contributed by atoms with van der Waals surface area (Å²) < 4.78 is 0. The first kappa shape index (κ1) is 12.3. The molecule has 76 valence electrons. The van der Waals surface area contributed by atoms with E-state index >= 15 is 0 Å². The third-order valence-electron chi connectivity index (χ3n) is 1.38. The van der Waals surface area contributed by atoms with E-state index in [1.165, 1.54) is 0 Å². The molecule has 0 aromatic rings. The average molecular weight is 182 g/mol. The summed E-state index contributed by atoms with van der Waals surface area (Å²) in [5.74, 6) is 0.947. The lowest BCUT2D eigenvalue weighted by atomic mass is 9.95. The summed E-state index contributed by atoms with van der Waals surface area (Å²) in [6.07, 6.45) is 0. The van der Waals surface area contributed by atoms with Gasteiger partial charge in [0.1, 0.15) is 5.84 Å².